The van der Waals surface area contributed by atoms with Crippen molar-refractivity contribution in [2.24, 2.45) is 0 Å². The molecule has 23 heavy (non-hydrogen) atoms. The molecule has 0 saturated carbocycles. The van der Waals surface area contributed by atoms with Gasteiger partial charge < -0.3 is 14.4 Å². The molecule has 0 fully saturated rings. The van der Waals surface area contributed by atoms with Crippen LogP contribution in [0.3, 0.4) is 0 Å². The number of ether oxygens (including phenoxy) is 1. The van der Waals surface area contributed by atoms with E-state index >= 15 is 0 Å². The summed E-state index contributed by atoms with van der Waals surface area (Å²) in [6.45, 7) is 1.10. The van der Waals surface area contributed by atoms with Crippen molar-refractivity contribution in [2.45, 2.75) is 13.2 Å². The second-order valence-corrected chi connectivity index (χ2v) is 5.47. The van der Waals surface area contributed by atoms with E-state index in [4.69, 9.17) is 9.84 Å². The van der Waals surface area contributed by atoms with Crippen LogP contribution in [0.1, 0.15) is 27.0 Å². The number of carboxylic acid groups (broad SMARTS) is 1. The Hall–Kier alpha value is -3.10. The summed E-state index contributed by atoms with van der Waals surface area (Å²) < 4.78 is 7.41. The van der Waals surface area contributed by atoms with Crippen LogP contribution in [0.25, 0.3) is 16.6 Å². The van der Waals surface area contributed by atoms with Gasteiger partial charge in [0.05, 0.1) is 29.9 Å². The molecule has 0 radical (unpaired) electrons. The average Bonchev–Trinajstić information content (AvgIpc) is 3.18. The summed E-state index contributed by atoms with van der Waals surface area (Å²) in [5, 5.41) is 19.4. The molecule has 2 aromatic carbocycles. The Balaban J connectivity index is 1.95. The first kappa shape index (κ1) is 13.6. The van der Waals surface area contributed by atoms with Gasteiger partial charge in [0.1, 0.15) is 6.07 Å². The number of rotatable bonds is 2. The number of aromatic carboxylic acids is 1. The third kappa shape index (κ3) is 2.00. The molecule has 0 amide bonds. The molecule has 1 aliphatic rings. The van der Waals surface area contributed by atoms with Crippen LogP contribution in [0.2, 0.25) is 0 Å². The summed E-state index contributed by atoms with van der Waals surface area (Å²) in [6, 6.07) is 12.9. The van der Waals surface area contributed by atoms with Gasteiger partial charge in [-0.3, -0.25) is 0 Å². The van der Waals surface area contributed by atoms with Crippen LogP contribution in [-0.4, -0.2) is 15.6 Å². The van der Waals surface area contributed by atoms with E-state index in [0.717, 1.165) is 27.7 Å². The van der Waals surface area contributed by atoms with Crippen molar-refractivity contribution < 1.29 is 14.6 Å². The van der Waals surface area contributed by atoms with Crippen molar-refractivity contribution in [3.63, 3.8) is 0 Å². The van der Waals surface area contributed by atoms with Crippen LogP contribution in [-0.2, 0) is 18.0 Å². The first-order chi connectivity index (χ1) is 11.2. The van der Waals surface area contributed by atoms with E-state index in [9.17, 15) is 10.1 Å². The quantitative estimate of drug-likeness (QED) is 0.788. The number of hydrogen-bond donors (Lipinski definition) is 1. The number of nitrogens with zero attached hydrogens (tertiary/aromatic N) is 2. The molecule has 0 spiro atoms. The van der Waals surface area contributed by atoms with Gasteiger partial charge in [-0.2, -0.15) is 5.26 Å². The molecule has 1 aromatic heterocycles. The molecule has 5 heteroatoms. The summed E-state index contributed by atoms with van der Waals surface area (Å²) in [6.07, 6.45) is 1.79. The molecule has 0 bridgehead atoms. The number of fused-ring (bicyclic) bond motifs is 3. The van der Waals surface area contributed by atoms with Gasteiger partial charge in [-0.05, 0) is 41.5 Å². The Kier molecular flexibility index (Phi) is 2.93. The van der Waals surface area contributed by atoms with Gasteiger partial charge in [0, 0.05) is 17.3 Å². The maximum absolute atomic E-state index is 11.0. The Morgan fingerprint density at radius 2 is 1.96 bits per heavy atom. The standard InChI is InChI=1S/C18H12N2O3/c19-7-13-8-20(14-4-1-11(2-5-14)18(21)22)16-6-3-12-9-23-10-15(12)17(13)16/h1-6,8H,9-10H2,(H,21,22). The van der Waals surface area contributed by atoms with E-state index in [1.54, 1.807) is 30.5 Å². The van der Waals surface area contributed by atoms with Crippen LogP contribution in [0.5, 0.6) is 0 Å². The number of hydrogen-bond acceptors (Lipinski definition) is 3. The first-order valence-electron chi connectivity index (χ1n) is 7.16. The van der Waals surface area contributed by atoms with E-state index in [-0.39, 0.29) is 5.56 Å². The predicted molar refractivity (Wildman–Crippen MR) is 83.4 cm³/mol. The van der Waals surface area contributed by atoms with Gasteiger partial charge in [-0.15, -0.1) is 0 Å². The third-order valence-electron chi connectivity index (χ3n) is 4.19. The number of aromatic nitrogens is 1. The predicted octanol–water partition coefficient (Wildman–Crippen LogP) is 3.23. The molecule has 1 aliphatic heterocycles. The average molecular weight is 304 g/mol. The van der Waals surface area contributed by atoms with Crippen molar-refractivity contribution in [3.05, 3.63) is 64.8 Å². The monoisotopic (exact) mass is 304 g/mol. The maximum atomic E-state index is 11.0. The molecule has 0 aliphatic carbocycles. The highest BCUT2D eigenvalue weighted by molar-refractivity contribution is 5.92. The maximum Gasteiger partial charge on any atom is 0.335 e. The van der Waals surface area contributed by atoms with Crippen molar-refractivity contribution >= 4 is 16.9 Å². The third-order valence-corrected chi connectivity index (χ3v) is 4.19. The van der Waals surface area contributed by atoms with E-state index in [1.807, 2.05) is 16.7 Å². The molecule has 0 saturated heterocycles. The van der Waals surface area contributed by atoms with Gasteiger partial charge in [-0.1, -0.05) is 6.07 Å². The highest BCUT2D eigenvalue weighted by Crippen LogP contribution is 2.33. The van der Waals surface area contributed by atoms with Gasteiger partial charge in [0.2, 0.25) is 0 Å². The fourth-order valence-corrected chi connectivity index (χ4v) is 3.07. The Bertz CT molecular complexity index is 978. The Morgan fingerprint density at radius 1 is 1.17 bits per heavy atom. The van der Waals surface area contributed by atoms with Crippen molar-refractivity contribution in [1.82, 2.24) is 4.57 Å². The lowest BCUT2D eigenvalue weighted by Crippen LogP contribution is -1.97. The summed E-state index contributed by atoms with van der Waals surface area (Å²) in [7, 11) is 0. The zero-order chi connectivity index (χ0) is 16.0. The number of carbonyl (C=O) groups is 1. The SMILES string of the molecule is N#Cc1cn(-c2ccc(C(=O)O)cc2)c2ccc3c(c12)COC3. The molecule has 4 rings (SSSR count). The number of benzene rings is 2. The summed E-state index contributed by atoms with van der Waals surface area (Å²) >= 11 is 0. The van der Waals surface area contributed by atoms with Crippen LogP contribution in [0, 0.1) is 11.3 Å². The minimum absolute atomic E-state index is 0.236. The van der Waals surface area contributed by atoms with Crippen molar-refractivity contribution in [2.75, 3.05) is 0 Å². The first-order valence-corrected chi connectivity index (χ1v) is 7.16. The molecule has 5 nitrogen and oxygen atoms in total. The minimum Gasteiger partial charge on any atom is -0.478 e. The smallest absolute Gasteiger partial charge is 0.335 e. The number of carboxylic acids is 1. The van der Waals surface area contributed by atoms with E-state index < -0.39 is 5.97 Å². The van der Waals surface area contributed by atoms with Crippen LogP contribution >= 0.6 is 0 Å². The summed E-state index contributed by atoms with van der Waals surface area (Å²) in [5.74, 6) is -0.957. The lowest BCUT2D eigenvalue weighted by Gasteiger charge is -2.07. The van der Waals surface area contributed by atoms with Crippen molar-refractivity contribution in [1.29, 1.82) is 5.26 Å². The van der Waals surface area contributed by atoms with E-state index in [1.165, 1.54) is 0 Å². The number of nitriles is 1. The lowest BCUT2D eigenvalue weighted by molar-refractivity contribution is 0.0697. The van der Waals surface area contributed by atoms with Gasteiger partial charge in [0.15, 0.2) is 0 Å². The summed E-state index contributed by atoms with van der Waals surface area (Å²) in [5.41, 5.74) is 4.77. The van der Waals surface area contributed by atoms with Gasteiger partial charge in [0.25, 0.3) is 0 Å². The fraction of sp³-hybridized carbons (Fsp3) is 0.111. The van der Waals surface area contributed by atoms with Crippen molar-refractivity contribution in [3.8, 4) is 11.8 Å². The molecular formula is C18H12N2O3. The molecule has 1 N–H and O–H groups in total. The van der Waals surface area contributed by atoms with Crippen LogP contribution < -0.4 is 0 Å². The molecule has 3 aromatic rings. The fourth-order valence-electron chi connectivity index (χ4n) is 3.07. The molecule has 112 valence electrons. The largest absolute Gasteiger partial charge is 0.478 e. The zero-order valence-corrected chi connectivity index (χ0v) is 12.1. The summed E-state index contributed by atoms with van der Waals surface area (Å²) in [4.78, 5) is 11.0. The topological polar surface area (TPSA) is 75.2 Å². The highest BCUT2D eigenvalue weighted by Gasteiger charge is 2.20. The van der Waals surface area contributed by atoms with Gasteiger partial charge in [-0.25, -0.2) is 4.79 Å². The van der Waals surface area contributed by atoms with Gasteiger partial charge >= 0.3 is 5.97 Å². The highest BCUT2D eigenvalue weighted by atomic mass is 16.5. The normalized spacial score (nSPS) is 13.0. The second-order valence-electron chi connectivity index (χ2n) is 5.47. The van der Waals surface area contributed by atoms with Crippen LogP contribution in [0.15, 0.2) is 42.6 Å². The molecule has 0 unspecified atom stereocenters. The zero-order valence-electron chi connectivity index (χ0n) is 12.1. The molecule has 2 heterocycles. The molecule has 0 atom stereocenters. The Morgan fingerprint density at radius 3 is 2.65 bits per heavy atom. The Labute approximate surface area is 132 Å². The minimum atomic E-state index is -0.957. The van der Waals surface area contributed by atoms with E-state index in [0.29, 0.717) is 18.8 Å². The molecular weight excluding hydrogens is 292 g/mol. The van der Waals surface area contributed by atoms with E-state index in [2.05, 4.69) is 6.07 Å². The second kappa shape index (κ2) is 4.97. The lowest BCUT2D eigenvalue weighted by atomic mass is 10.0. The van der Waals surface area contributed by atoms with Crippen LogP contribution in [0.4, 0.5) is 0 Å².